The predicted molar refractivity (Wildman–Crippen MR) is 84.1 cm³/mol. The number of carbonyl (C=O) groups excluding carboxylic acids is 2. The van der Waals surface area contributed by atoms with Crippen molar-refractivity contribution in [2.24, 2.45) is 12.1 Å². The highest BCUT2D eigenvalue weighted by molar-refractivity contribution is 6.35. The molecule has 0 fully saturated rings. The molecule has 23 heavy (non-hydrogen) atoms. The van der Waals surface area contributed by atoms with Crippen LogP contribution in [0.4, 0.5) is 0 Å². The molecule has 3 rings (SSSR count). The minimum absolute atomic E-state index is 0.0903. The number of nitrogens with zero attached hydrogens (tertiary/aromatic N) is 3. The number of hydrogen-bond acceptors (Lipinski definition) is 5. The number of aryl methyl sites for hydroxylation is 1. The Hall–Kier alpha value is -3.22. The zero-order valence-corrected chi connectivity index (χ0v) is 12.6. The van der Waals surface area contributed by atoms with Gasteiger partial charge in [0.15, 0.2) is 11.5 Å². The van der Waals surface area contributed by atoms with E-state index in [4.69, 9.17) is 0 Å². The summed E-state index contributed by atoms with van der Waals surface area (Å²) in [6.07, 6.45) is 1.64. The highest BCUT2D eigenvalue weighted by Crippen LogP contribution is 2.31. The van der Waals surface area contributed by atoms with Crippen LogP contribution in [0.25, 0.3) is 5.76 Å². The van der Waals surface area contributed by atoms with Gasteiger partial charge in [0.05, 0.1) is 11.3 Å². The average Bonchev–Trinajstić information content (AvgIpc) is 3.08. The van der Waals surface area contributed by atoms with Gasteiger partial charge >= 0.3 is 0 Å². The monoisotopic (exact) mass is 310 g/mol. The third kappa shape index (κ3) is 2.52. The number of amides is 1. The fourth-order valence-corrected chi connectivity index (χ4v) is 2.38. The number of aliphatic hydroxyl groups excluding tert-OH is 1. The molecule has 1 aliphatic rings. The summed E-state index contributed by atoms with van der Waals surface area (Å²) in [6.45, 7) is 1.55. The number of hydrazone groups is 1. The van der Waals surface area contributed by atoms with Crippen LogP contribution in [0, 0.1) is 0 Å². The minimum atomic E-state index is -0.493. The molecule has 2 aromatic rings. The van der Waals surface area contributed by atoms with Crippen molar-refractivity contribution in [1.82, 2.24) is 15.2 Å². The lowest BCUT2D eigenvalue weighted by Gasteiger charge is -2.02. The number of Topliss-reactive ketones (excluding diaryl/α,β-unsaturated/α-hetero) is 1. The van der Waals surface area contributed by atoms with Crippen LogP contribution < -0.4 is 5.43 Å². The lowest BCUT2D eigenvalue weighted by Crippen LogP contribution is -2.21. The molecule has 7 heteroatoms. The van der Waals surface area contributed by atoms with Gasteiger partial charge in [-0.3, -0.25) is 14.3 Å². The summed E-state index contributed by atoms with van der Waals surface area (Å²) in [4.78, 5) is 24.2. The van der Waals surface area contributed by atoms with Crippen molar-refractivity contribution in [1.29, 1.82) is 0 Å². The maximum absolute atomic E-state index is 12.3. The van der Waals surface area contributed by atoms with Crippen molar-refractivity contribution in [3.05, 3.63) is 58.9 Å². The molecular weight excluding hydrogens is 296 g/mol. The summed E-state index contributed by atoms with van der Waals surface area (Å²) >= 11 is 0. The summed E-state index contributed by atoms with van der Waals surface area (Å²) in [5.74, 6) is -0.932. The number of carbonyl (C=O) groups is 2. The normalized spacial score (nSPS) is 14.2. The van der Waals surface area contributed by atoms with E-state index in [1.54, 1.807) is 50.5 Å². The highest BCUT2D eigenvalue weighted by atomic mass is 16.3. The summed E-state index contributed by atoms with van der Waals surface area (Å²) < 4.78 is 1.50. The predicted octanol–water partition coefficient (Wildman–Crippen LogP) is 1.69. The van der Waals surface area contributed by atoms with Crippen LogP contribution in [0.5, 0.6) is 0 Å². The zero-order chi connectivity index (χ0) is 16.6. The smallest absolute Gasteiger partial charge is 0.291 e. The van der Waals surface area contributed by atoms with Gasteiger partial charge in [-0.2, -0.15) is 10.2 Å². The first kappa shape index (κ1) is 14.7. The molecule has 0 bridgehead atoms. The van der Waals surface area contributed by atoms with Crippen molar-refractivity contribution in [3.8, 4) is 0 Å². The molecule has 7 nitrogen and oxygen atoms in total. The summed E-state index contributed by atoms with van der Waals surface area (Å²) in [6, 6.07) is 8.31. The van der Waals surface area contributed by atoms with Crippen molar-refractivity contribution in [2.75, 3.05) is 0 Å². The SMILES string of the molecule is C/C(=N/NC(=O)c1ccn(C)n1)C1=C(O)c2ccccc2C1=O. The van der Waals surface area contributed by atoms with E-state index >= 15 is 0 Å². The Kier molecular flexibility index (Phi) is 3.53. The van der Waals surface area contributed by atoms with Gasteiger partial charge < -0.3 is 5.11 Å². The Bertz CT molecular complexity index is 877. The second-order valence-corrected chi connectivity index (χ2v) is 5.11. The van der Waals surface area contributed by atoms with Crippen molar-refractivity contribution in [2.45, 2.75) is 6.92 Å². The first-order chi connectivity index (χ1) is 11.0. The van der Waals surface area contributed by atoms with E-state index in [0.717, 1.165) is 0 Å². The fourth-order valence-electron chi connectivity index (χ4n) is 2.38. The van der Waals surface area contributed by atoms with Crippen LogP contribution in [-0.2, 0) is 7.05 Å². The van der Waals surface area contributed by atoms with Crippen LogP contribution in [0.3, 0.4) is 0 Å². The van der Waals surface area contributed by atoms with Crippen LogP contribution in [-0.4, -0.2) is 32.3 Å². The summed E-state index contributed by atoms with van der Waals surface area (Å²) in [5, 5.41) is 18.1. The Morgan fingerprint density at radius 3 is 2.57 bits per heavy atom. The molecule has 1 aromatic carbocycles. The number of aliphatic hydroxyl groups is 1. The van der Waals surface area contributed by atoms with Crippen LogP contribution in [0.15, 0.2) is 47.2 Å². The van der Waals surface area contributed by atoms with Crippen molar-refractivity contribution in [3.63, 3.8) is 0 Å². The highest BCUT2D eigenvalue weighted by Gasteiger charge is 2.31. The molecular formula is C16H14N4O3. The van der Waals surface area contributed by atoms with Crippen molar-refractivity contribution >= 4 is 23.2 Å². The lowest BCUT2D eigenvalue weighted by atomic mass is 10.1. The molecule has 0 atom stereocenters. The molecule has 0 saturated heterocycles. The third-order valence-electron chi connectivity index (χ3n) is 3.52. The quantitative estimate of drug-likeness (QED) is 0.666. The second-order valence-electron chi connectivity index (χ2n) is 5.11. The number of aromatic nitrogens is 2. The van der Waals surface area contributed by atoms with Gasteiger partial charge in [0, 0.05) is 24.4 Å². The van der Waals surface area contributed by atoms with E-state index in [1.165, 1.54) is 4.68 Å². The summed E-state index contributed by atoms with van der Waals surface area (Å²) in [7, 11) is 1.70. The molecule has 0 aliphatic heterocycles. The fraction of sp³-hybridized carbons (Fsp3) is 0.125. The van der Waals surface area contributed by atoms with E-state index in [0.29, 0.717) is 11.1 Å². The van der Waals surface area contributed by atoms with Crippen LogP contribution in [0.2, 0.25) is 0 Å². The molecule has 0 spiro atoms. The van der Waals surface area contributed by atoms with E-state index in [2.05, 4.69) is 15.6 Å². The first-order valence-electron chi connectivity index (χ1n) is 6.91. The maximum atomic E-state index is 12.3. The number of nitrogens with one attached hydrogen (secondary N) is 1. The van der Waals surface area contributed by atoms with Gasteiger partial charge in [0.1, 0.15) is 5.76 Å². The molecule has 0 unspecified atom stereocenters. The molecule has 1 aromatic heterocycles. The zero-order valence-electron chi connectivity index (χ0n) is 12.6. The second kappa shape index (κ2) is 5.53. The lowest BCUT2D eigenvalue weighted by molar-refractivity contribution is 0.0947. The largest absolute Gasteiger partial charge is 0.506 e. The Morgan fingerprint density at radius 2 is 1.96 bits per heavy atom. The molecule has 2 N–H and O–H groups in total. The average molecular weight is 310 g/mol. The van der Waals surface area contributed by atoms with E-state index < -0.39 is 5.91 Å². The molecule has 1 heterocycles. The molecule has 0 saturated carbocycles. The number of allylic oxidation sites excluding steroid dienone is 1. The van der Waals surface area contributed by atoms with Gasteiger partial charge in [0.2, 0.25) is 0 Å². The third-order valence-corrected chi connectivity index (χ3v) is 3.52. The number of ketones is 1. The van der Waals surface area contributed by atoms with E-state index in [1.807, 2.05) is 0 Å². The molecule has 1 aliphatic carbocycles. The van der Waals surface area contributed by atoms with Crippen LogP contribution in [0.1, 0.15) is 33.3 Å². The maximum Gasteiger partial charge on any atom is 0.291 e. The van der Waals surface area contributed by atoms with Gasteiger partial charge in [-0.25, -0.2) is 5.43 Å². The Balaban J connectivity index is 1.84. The molecule has 0 radical (unpaired) electrons. The standard InChI is InChI=1S/C16H14N4O3/c1-9(17-18-16(23)12-7-8-20(2)19-12)13-14(21)10-5-3-4-6-11(10)15(13)22/h3-8,21H,1-2H3,(H,18,23)/b17-9-. The van der Waals surface area contributed by atoms with Crippen LogP contribution >= 0.6 is 0 Å². The van der Waals surface area contributed by atoms with Gasteiger partial charge in [-0.1, -0.05) is 24.3 Å². The van der Waals surface area contributed by atoms with Gasteiger partial charge in [0.25, 0.3) is 5.91 Å². The Morgan fingerprint density at radius 1 is 1.26 bits per heavy atom. The van der Waals surface area contributed by atoms with Crippen molar-refractivity contribution < 1.29 is 14.7 Å². The van der Waals surface area contributed by atoms with E-state index in [-0.39, 0.29) is 28.5 Å². The van der Waals surface area contributed by atoms with Gasteiger partial charge in [-0.15, -0.1) is 0 Å². The summed E-state index contributed by atoms with van der Waals surface area (Å²) in [5.41, 5.74) is 3.76. The molecule has 116 valence electrons. The topological polar surface area (TPSA) is 96.6 Å². The van der Waals surface area contributed by atoms with E-state index in [9.17, 15) is 14.7 Å². The Labute approximate surface area is 131 Å². The number of benzene rings is 1. The number of hydrogen-bond donors (Lipinski definition) is 2. The number of rotatable bonds is 3. The molecule has 1 amide bonds. The minimum Gasteiger partial charge on any atom is -0.506 e. The number of fused-ring (bicyclic) bond motifs is 1. The first-order valence-corrected chi connectivity index (χ1v) is 6.91. The van der Waals surface area contributed by atoms with Gasteiger partial charge in [-0.05, 0) is 13.0 Å².